The number of nitrogens with zero attached hydrogens (tertiary/aromatic N) is 5. The van der Waals surface area contributed by atoms with Gasteiger partial charge >= 0.3 is 0 Å². The van der Waals surface area contributed by atoms with Crippen molar-refractivity contribution in [2.45, 2.75) is 0 Å². The van der Waals surface area contributed by atoms with E-state index in [4.69, 9.17) is 4.74 Å². The molecule has 0 saturated carbocycles. The van der Waals surface area contributed by atoms with Crippen molar-refractivity contribution in [2.24, 2.45) is 0 Å². The van der Waals surface area contributed by atoms with Gasteiger partial charge in [0, 0.05) is 10.5 Å². The first kappa shape index (κ1) is 11.9. The summed E-state index contributed by atoms with van der Waals surface area (Å²) in [5.74, 6) is -2.36. The Morgan fingerprint density at radius 1 is 1.21 bits per heavy atom. The van der Waals surface area contributed by atoms with Crippen LogP contribution in [0.3, 0.4) is 0 Å². The van der Waals surface area contributed by atoms with Crippen LogP contribution in [0.1, 0.15) is 0 Å². The van der Waals surface area contributed by atoms with E-state index >= 15 is 0 Å². The molecule has 0 spiro atoms. The Kier molecular flexibility index (Phi) is 2.82. The van der Waals surface area contributed by atoms with Gasteiger partial charge in [0.2, 0.25) is 11.7 Å². The van der Waals surface area contributed by atoms with Gasteiger partial charge in [-0.25, -0.2) is 4.39 Å². The van der Waals surface area contributed by atoms with Gasteiger partial charge in [0.05, 0.1) is 0 Å². The minimum atomic E-state index is -1.10. The highest BCUT2D eigenvalue weighted by Crippen LogP contribution is 2.28. The number of hydrogen-bond donors (Lipinski definition) is 0. The van der Waals surface area contributed by atoms with E-state index in [-0.39, 0.29) is 11.6 Å². The lowest BCUT2D eigenvalue weighted by Gasteiger charge is -2.06. The molecule has 0 radical (unpaired) electrons. The van der Waals surface area contributed by atoms with Crippen molar-refractivity contribution < 1.29 is 13.5 Å². The van der Waals surface area contributed by atoms with Crippen molar-refractivity contribution in [3.05, 3.63) is 40.4 Å². The summed E-state index contributed by atoms with van der Waals surface area (Å²) >= 11 is 3.05. The van der Waals surface area contributed by atoms with Crippen LogP contribution in [0, 0.1) is 11.6 Å². The summed E-state index contributed by atoms with van der Waals surface area (Å²) in [6.45, 7) is 0. The quantitative estimate of drug-likeness (QED) is 0.676. The number of hydrogen-bond acceptors (Lipinski definition) is 5. The van der Waals surface area contributed by atoms with Crippen molar-refractivity contribution in [3.63, 3.8) is 0 Å². The summed E-state index contributed by atoms with van der Waals surface area (Å²) < 4.78 is 33.4. The molecule has 0 atom stereocenters. The number of rotatable bonds is 2. The molecule has 6 nitrogen and oxygen atoms in total. The van der Waals surface area contributed by atoms with Gasteiger partial charge < -0.3 is 4.74 Å². The fraction of sp³-hybridized carbons (Fsp3) is 0. The van der Waals surface area contributed by atoms with Crippen LogP contribution in [0.5, 0.6) is 11.6 Å². The molecule has 0 amide bonds. The zero-order valence-corrected chi connectivity index (χ0v) is 10.7. The Labute approximate surface area is 113 Å². The molecule has 0 N–H and O–H groups in total. The first-order valence-corrected chi connectivity index (χ1v) is 5.80. The molecular formula is C10H4BrF2N5O. The average Bonchev–Trinajstić information content (AvgIpc) is 2.82. The van der Waals surface area contributed by atoms with Gasteiger partial charge in [-0.2, -0.15) is 4.39 Å². The Hall–Kier alpha value is -2.16. The summed E-state index contributed by atoms with van der Waals surface area (Å²) in [4.78, 5) is 0. The van der Waals surface area contributed by atoms with Crippen molar-refractivity contribution in [3.8, 4) is 11.6 Å². The Bertz CT molecular complexity index is 763. The van der Waals surface area contributed by atoms with Gasteiger partial charge in [-0.05, 0) is 28.6 Å². The molecule has 1 aromatic carbocycles. The SMILES string of the molecule is Fc1cc(Br)cc(Oc2ccc3nnnn3n2)c1F. The zero-order valence-electron chi connectivity index (χ0n) is 9.09. The Morgan fingerprint density at radius 3 is 2.89 bits per heavy atom. The van der Waals surface area contributed by atoms with Crippen LogP contribution in [0.15, 0.2) is 28.7 Å². The minimum absolute atomic E-state index is 0.0381. The lowest BCUT2D eigenvalue weighted by molar-refractivity contribution is 0.397. The van der Waals surface area contributed by atoms with Crippen LogP contribution in [-0.4, -0.2) is 25.3 Å². The summed E-state index contributed by atoms with van der Waals surface area (Å²) in [5, 5.41) is 14.5. The van der Waals surface area contributed by atoms with Gasteiger partial charge in [0.25, 0.3) is 0 Å². The maximum absolute atomic E-state index is 13.5. The molecule has 3 aromatic rings. The smallest absolute Gasteiger partial charge is 0.239 e. The van der Waals surface area contributed by atoms with Crippen LogP contribution in [0.4, 0.5) is 8.78 Å². The standard InChI is InChI=1S/C10H4BrF2N5O/c11-5-3-6(12)10(13)7(4-5)19-9-2-1-8-14-16-17-18(8)15-9/h1-4H. The summed E-state index contributed by atoms with van der Waals surface area (Å²) in [5.41, 5.74) is 0.410. The largest absolute Gasteiger partial charge is 0.434 e. The molecule has 0 saturated heterocycles. The fourth-order valence-electron chi connectivity index (χ4n) is 1.41. The van der Waals surface area contributed by atoms with E-state index in [1.54, 1.807) is 0 Å². The maximum atomic E-state index is 13.5. The van der Waals surface area contributed by atoms with E-state index in [9.17, 15) is 8.78 Å². The third-order valence-corrected chi connectivity index (χ3v) is 2.68. The molecule has 9 heteroatoms. The zero-order chi connectivity index (χ0) is 13.4. The first-order valence-electron chi connectivity index (χ1n) is 5.01. The van der Waals surface area contributed by atoms with E-state index in [1.165, 1.54) is 18.2 Å². The van der Waals surface area contributed by atoms with Crippen molar-refractivity contribution in [2.75, 3.05) is 0 Å². The molecule has 0 bridgehead atoms. The highest BCUT2D eigenvalue weighted by molar-refractivity contribution is 9.10. The molecule has 96 valence electrons. The third-order valence-electron chi connectivity index (χ3n) is 2.22. The van der Waals surface area contributed by atoms with Crippen molar-refractivity contribution >= 4 is 21.6 Å². The van der Waals surface area contributed by atoms with Crippen LogP contribution in [-0.2, 0) is 0 Å². The van der Waals surface area contributed by atoms with E-state index in [0.717, 1.165) is 10.7 Å². The van der Waals surface area contributed by atoms with Crippen LogP contribution in [0.25, 0.3) is 5.65 Å². The number of halogens is 3. The molecule has 0 fully saturated rings. The third kappa shape index (κ3) is 2.24. The lowest BCUT2D eigenvalue weighted by atomic mass is 10.3. The van der Waals surface area contributed by atoms with Gasteiger partial charge in [-0.15, -0.1) is 14.8 Å². The highest BCUT2D eigenvalue weighted by Gasteiger charge is 2.13. The van der Waals surface area contributed by atoms with Crippen LogP contribution in [0.2, 0.25) is 0 Å². The maximum Gasteiger partial charge on any atom is 0.239 e. The summed E-state index contributed by atoms with van der Waals surface area (Å²) in [6, 6.07) is 5.28. The predicted octanol–water partition coefficient (Wildman–Crippen LogP) is 2.35. The second-order valence-electron chi connectivity index (χ2n) is 3.50. The van der Waals surface area contributed by atoms with Gasteiger partial charge in [-0.1, -0.05) is 15.9 Å². The van der Waals surface area contributed by atoms with E-state index in [2.05, 4.69) is 36.6 Å². The fourth-order valence-corrected chi connectivity index (χ4v) is 1.82. The molecule has 2 aromatic heterocycles. The second-order valence-corrected chi connectivity index (χ2v) is 4.42. The molecule has 3 rings (SSSR count). The van der Waals surface area contributed by atoms with Crippen molar-refractivity contribution in [1.82, 2.24) is 25.3 Å². The van der Waals surface area contributed by atoms with Gasteiger partial charge in [0.1, 0.15) is 0 Å². The van der Waals surface area contributed by atoms with Crippen LogP contribution < -0.4 is 4.74 Å². The number of ether oxygens (including phenoxy) is 1. The van der Waals surface area contributed by atoms with E-state index in [1.807, 2.05) is 0 Å². The van der Waals surface area contributed by atoms with E-state index in [0.29, 0.717) is 10.1 Å². The van der Waals surface area contributed by atoms with Crippen LogP contribution >= 0.6 is 15.9 Å². The van der Waals surface area contributed by atoms with Gasteiger partial charge in [-0.3, -0.25) is 0 Å². The molecule has 0 aliphatic carbocycles. The van der Waals surface area contributed by atoms with E-state index < -0.39 is 11.6 Å². The second kappa shape index (κ2) is 4.50. The normalized spacial score (nSPS) is 10.9. The molecule has 0 aliphatic heterocycles. The Balaban J connectivity index is 2.00. The van der Waals surface area contributed by atoms with Gasteiger partial charge in [0.15, 0.2) is 17.2 Å². The molecule has 0 aliphatic rings. The topological polar surface area (TPSA) is 65.2 Å². The Morgan fingerprint density at radius 2 is 2.05 bits per heavy atom. The lowest BCUT2D eigenvalue weighted by Crippen LogP contribution is -1.99. The molecular weight excluding hydrogens is 324 g/mol. The number of tetrazole rings is 1. The molecule has 2 heterocycles. The first-order chi connectivity index (χ1) is 9.13. The average molecular weight is 328 g/mol. The summed E-state index contributed by atoms with van der Waals surface area (Å²) in [6.07, 6.45) is 0. The highest BCUT2D eigenvalue weighted by atomic mass is 79.9. The molecule has 0 unspecified atom stereocenters. The minimum Gasteiger partial charge on any atom is -0.434 e. The molecule has 19 heavy (non-hydrogen) atoms. The monoisotopic (exact) mass is 327 g/mol. The predicted molar refractivity (Wildman–Crippen MR) is 62.7 cm³/mol. The number of aromatic nitrogens is 5. The summed E-state index contributed by atoms with van der Waals surface area (Å²) in [7, 11) is 0. The number of fused-ring (bicyclic) bond motifs is 1. The number of benzene rings is 1. The van der Waals surface area contributed by atoms with Crippen molar-refractivity contribution in [1.29, 1.82) is 0 Å².